The van der Waals surface area contributed by atoms with Gasteiger partial charge < -0.3 is 15.2 Å². The number of carbonyl (C=O) groups excluding carboxylic acids is 1. The highest BCUT2D eigenvalue weighted by Gasteiger charge is 2.08. The molecule has 3 aromatic carbocycles. The second kappa shape index (κ2) is 6.28. The molecule has 0 saturated heterocycles. The first kappa shape index (κ1) is 14.1. The van der Waals surface area contributed by atoms with Crippen LogP contribution >= 0.6 is 0 Å². The molecule has 0 unspecified atom stereocenters. The highest BCUT2D eigenvalue weighted by atomic mass is 16.7. The largest absolute Gasteiger partial charge is 0.519 e. The molecule has 0 bridgehead atoms. The van der Waals surface area contributed by atoms with Crippen LogP contribution in [0.1, 0.15) is 5.56 Å². The lowest BCUT2D eigenvalue weighted by Gasteiger charge is -2.07. The third-order valence-corrected chi connectivity index (χ3v) is 3.28. The molecular weight excluding hydrogens is 278 g/mol. The molecule has 3 rings (SSSR count). The molecule has 0 spiro atoms. The average molecular weight is 293 g/mol. The van der Waals surface area contributed by atoms with E-state index in [4.69, 9.17) is 15.2 Å². The third kappa shape index (κ3) is 3.24. The van der Waals surface area contributed by atoms with E-state index >= 15 is 0 Å². The summed E-state index contributed by atoms with van der Waals surface area (Å²) in [5.74, 6) is 0.866. The molecule has 3 aromatic rings. The number of benzene rings is 3. The number of ether oxygens (including phenoxy) is 2. The SMILES string of the molecule is NCc1ccc(OC(=O)Oc2ccc3ccccc3c2)cc1. The predicted octanol–water partition coefficient (Wildman–Crippen LogP) is 3.88. The summed E-state index contributed by atoms with van der Waals surface area (Å²) in [6.45, 7) is 0.446. The number of carbonyl (C=O) groups is 1. The quantitative estimate of drug-likeness (QED) is 0.588. The summed E-state index contributed by atoms with van der Waals surface area (Å²) in [7, 11) is 0. The first-order valence-electron chi connectivity index (χ1n) is 6.92. The zero-order valence-corrected chi connectivity index (χ0v) is 11.9. The molecule has 0 saturated carbocycles. The van der Waals surface area contributed by atoms with Crippen molar-refractivity contribution in [2.45, 2.75) is 6.54 Å². The van der Waals surface area contributed by atoms with Crippen molar-refractivity contribution in [1.29, 1.82) is 0 Å². The Morgan fingerprint density at radius 1 is 0.818 bits per heavy atom. The minimum Gasteiger partial charge on any atom is -0.395 e. The molecule has 2 N–H and O–H groups in total. The first-order chi connectivity index (χ1) is 10.7. The Morgan fingerprint density at radius 2 is 1.45 bits per heavy atom. The van der Waals surface area contributed by atoms with Crippen molar-refractivity contribution in [1.82, 2.24) is 0 Å². The Bertz CT molecular complexity index is 797. The van der Waals surface area contributed by atoms with Crippen LogP contribution in [0.3, 0.4) is 0 Å². The molecule has 4 heteroatoms. The fourth-order valence-corrected chi connectivity index (χ4v) is 2.14. The number of rotatable bonds is 3. The molecule has 110 valence electrons. The standard InChI is InChI=1S/C18H15NO3/c19-12-13-5-8-16(9-6-13)21-18(20)22-17-10-7-14-3-1-2-4-15(14)11-17/h1-11H,12,19H2. The molecule has 0 aromatic heterocycles. The van der Waals surface area contributed by atoms with E-state index in [-0.39, 0.29) is 0 Å². The van der Waals surface area contributed by atoms with Crippen molar-refractivity contribution in [2.75, 3.05) is 0 Å². The van der Waals surface area contributed by atoms with Gasteiger partial charge in [0, 0.05) is 6.54 Å². The van der Waals surface area contributed by atoms with Crippen molar-refractivity contribution in [2.24, 2.45) is 5.73 Å². The van der Waals surface area contributed by atoms with Crippen LogP contribution in [0.4, 0.5) is 4.79 Å². The lowest BCUT2D eigenvalue weighted by Crippen LogP contribution is -2.13. The summed E-state index contributed by atoms with van der Waals surface area (Å²) in [4.78, 5) is 11.8. The van der Waals surface area contributed by atoms with Crippen LogP contribution in [0.2, 0.25) is 0 Å². The van der Waals surface area contributed by atoms with Crippen LogP contribution in [0.5, 0.6) is 11.5 Å². The normalized spacial score (nSPS) is 10.4. The Balaban J connectivity index is 1.69. The van der Waals surface area contributed by atoms with Crippen LogP contribution < -0.4 is 15.2 Å². The first-order valence-corrected chi connectivity index (χ1v) is 6.92. The van der Waals surface area contributed by atoms with Gasteiger partial charge in [-0.1, -0.05) is 42.5 Å². The van der Waals surface area contributed by atoms with E-state index in [1.807, 2.05) is 30.3 Å². The van der Waals surface area contributed by atoms with Crippen LogP contribution in [-0.2, 0) is 6.54 Å². The summed E-state index contributed by atoms with van der Waals surface area (Å²) in [5.41, 5.74) is 6.48. The minimum atomic E-state index is -0.768. The van der Waals surface area contributed by atoms with Crippen molar-refractivity contribution < 1.29 is 14.3 Å². The van der Waals surface area contributed by atoms with Gasteiger partial charge in [0.2, 0.25) is 0 Å². The third-order valence-electron chi connectivity index (χ3n) is 3.28. The van der Waals surface area contributed by atoms with Crippen LogP contribution in [-0.4, -0.2) is 6.16 Å². The average Bonchev–Trinajstić information content (AvgIpc) is 2.55. The molecule has 4 nitrogen and oxygen atoms in total. The smallest absolute Gasteiger partial charge is 0.395 e. The summed E-state index contributed by atoms with van der Waals surface area (Å²) < 4.78 is 10.3. The van der Waals surface area contributed by atoms with E-state index in [1.165, 1.54) is 0 Å². The number of fused-ring (bicyclic) bond motifs is 1. The second-order valence-electron chi connectivity index (χ2n) is 4.81. The molecule has 0 heterocycles. The van der Waals surface area contributed by atoms with Gasteiger partial charge in [0.05, 0.1) is 0 Å². The van der Waals surface area contributed by atoms with Gasteiger partial charge in [-0.05, 0) is 40.6 Å². The van der Waals surface area contributed by atoms with Crippen molar-refractivity contribution in [3.05, 3.63) is 72.3 Å². The summed E-state index contributed by atoms with van der Waals surface area (Å²) in [5, 5.41) is 2.08. The molecule has 0 atom stereocenters. The van der Waals surface area contributed by atoms with Crippen LogP contribution in [0, 0.1) is 0 Å². The van der Waals surface area contributed by atoms with E-state index in [2.05, 4.69) is 0 Å². The lowest BCUT2D eigenvalue weighted by atomic mass is 10.1. The van der Waals surface area contributed by atoms with E-state index in [9.17, 15) is 4.79 Å². The van der Waals surface area contributed by atoms with E-state index in [1.54, 1.807) is 36.4 Å². The van der Waals surface area contributed by atoms with Crippen molar-refractivity contribution in [3.8, 4) is 11.5 Å². The molecule has 0 aliphatic carbocycles. The summed E-state index contributed by atoms with van der Waals surface area (Å²) in [6.07, 6.45) is -0.768. The Kier molecular flexibility index (Phi) is 4.03. The maximum absolute atomic E-state index is 11.8. The maximum Gasteiger partial charge on any atom is 0.519 e. The molecule has 22 heavy (non-hydrogen) atoms. The molecule has 0 aliphatic rings. The van der Waals surface area contributed by atoms with Gasteiger partial charge in [-0.3, -0.25) is 0 Å². The number of hydrogen-bond donors (Lipinski definition) is 1. The molecular formula is C18H15NO3. The molecule has 0 amide bonds. The highest BCUT2D eigenvalue weighted by molar-refractivity contribution is 5.84. The van der Waals surface area contributed by atoms with Crippen LogP contribution in [0.25, 0.3) is 10.8 Å². The van der Waals surface area contributed by atoms with E-state index in [0.29, 0.717) is 18.0 Å². The number of nitrogens with two attached hydrogens (primary N) is 1. The minimum absolute atomic E-state index is 0.419. The fourth-order valence-electron chi connectivity index (χ4n) is 2.14. The van der Waals surface area contributed by atoms with Gasteiger partial charge in [-0.25, -0.2) is 4.79 Å². The predicted molar refractivity (Wildman–Crippen MR) is 84.9 cm³/mol. The topological polar surface area (TPSA) is 61.5 Å². The van der Waals surface area contributed by atoms with Gasteiger partial charge in [0.25, 0.3) is 0 Å². The monoisotopic (exact) mass is 293 g/mol. The zero-order valence-electron chi connectivity index (χ0n) is 11.9. The molecule has 0 fully saturated rings. The Labute approximate surface area is 128 Å². The lowest BCUT2D eigenvalue weighted by molar-refractivity contribution is 0.152. The van der Waals surface area contributed by atoms with E-state index in [0.717, 1.165) is 16.3 Å². The molecule has 0 radical (unpaired) electrons. The zero-order chi connectivity index (χ0) is 15.4. The fraction of sp³-hybridized carbons (Fsp3) is 0.0556. The molecule has 0 aliphatic heterocycles. The van der Waals surface area contributed by atoms with Gasteiger partial charge >= 0.3 is 6.16 Å². The van der Waals surface area contributed by atoms with Gasteiger partial charge in [-0.2, -0.15) is 0 Å². The van der Waals surface area contributed by atoms with E-state index < -0.39 is 6.16 Å². The summed E-state index contributed by atoms with van der Waals surface area (Å²) in [6, 6.07) is 20.3. The Morgan fingerprint density at radius 3 is 2.18 bits per heavy atom. The van der Waals surface area contributed by atoms with Gasteiger partial charge in [-0.15, -0.1) is 0 Å². The van der Waals surface area contributed by atoms with Crippen molar-refractivity contribution >= 4 is 16.9 Å². The second-order valence-corrected chi connectivity index (χ2v) is 4.81. The maximum atomic E-state index is 11.8. The van der Waals surface area contributed by atoms with Gasteiger partial charge in [0.15, 0.2) is 0 Å². The Hall–Kier alpha value is -2.85. The van der Waals surface area contributed by atoms with Crippen molar-refractivity contribution in [3.63, 3.8) is 0 Å². The summed E-state index contributed by atoms with van der Waals surface area (Å²) >= 11 is 0. The van der Waals surface area contributed by atoms with Crippen LogP contribution in [0.15, 0.2) is 66.7 Å². The van der Waals surface area contributed by atoms with Gasteiger partial charge in [0.1, 0.15) is 11.5 Å². The highest BCUT2D eigenvalue weighted by Crippen LogP contribution is 2.21. The number of hydrogen-bond acceptors (Lipinski definition) is 4.